The average Bonchev–Trinajstić information content (AvgIpc) is 3.41. The minimum Gasteiger partial charge on any atom is -0.414 e. The van der Waals surface area contributed by atoms with Crippen LogP contribution in [0.2, 0.25) is 0 Å². The van der Waals surface area contributed by atoms with Gasteiger partial charge in [0.25, 0.3) is 5.84 Å². The van der Waals surface area contributed by atoms with E-state index in [1.54, 1.807) is 78.9 Å². The molecule has 4 aromatic rings. The van der Waals surface area contributed by atoms with E-state index >= 15 is 0 Å². The van der Waals surface area contributed by atoms with Gasteiger partial charge in [-0.1, -0.05) is 54.6 Å². The number of carbonyl (C=O) groups is 1. The van der Waals surface area contributed by atoms with Crippen molar-refractivity contribution in [2.45, 2.75) is 5.78 Å². The topological polar surface area (TPSA) is 116 Å². The second-order valence-corrected chi connectivity index (χ2v) is 10.6. The van der Waals surface area contributed by atoms with Crippen molar-refractivity contribution in [1.82, 2.24) is 5.32 Å². The van der Waals surface area contributed by atoms with E-state index in [-0.39, 0.29) is 5.84 Å². The molecule has 0 saturated heterocycles. The van der Waals surface area contributed by atoms with Gasteiger partial charge in [0.15, 0.2) is 5.78 Å². The third-order valence-corrected chi connectivity index (χ3v) is 7.88. The smallest absolute Gasteiger partial charge is 0.414 e. The zero-order valence-corrected chi connectivity index (χ0v) is 20.9. The third kappa shape index (κ3) is 6.50. The summed E-state index contributed by atoms with van der Waals surface area (Å²) in [6, 6.07) is 27.8. The number of para-hydroxylation sites is 2. The lowest BCUT2D eigenvalue weighted by molar-refractivity contribution is -0.117. The molecular formula is C27H25N3O4PS+. The molecule has 0 spiro atoms. The first-order valence-corrected chi connectivity index (χ1v) is 13.5. The van der Waals surface area contributed by atoms with Crippen LogP contribution in [-0.4, -0.2) is 11.7 Å². The third-order valence-electron chi connectivity index (χ3n) is 5.05. The van der Waals surface area contributed by atoms with E-state index in [2.05, 4.69) is 5.32 Å². The molecule has 0 aliphatic rings. The fourth-order valence-corrected chi connectivity index (χ4v) is 5.83. The van der Waals surface area contributed by atoms with Crippen molar-refractivity contribution in [1.29, 1.82) is 0 Å². The summed E-state index contributed by atoms with van der Waals surface area (Å²) in [7, 11) is -4.10. The highest BCUT2D eigenvalue weighted by molar-refractivity contribution is 7.55. The molecule has 7 nitrogen and oxygen atoms in total. The number of thiophene rings is 1. The normalized spacial score (nSPS) is 12.1. The number of hydrogen-bond donors (Lipinski definition) is 3. The van der Waals surface area contributed by atoms with Crippen LogP contribution >= 0.6 is 18.9 Å². The number of hydrogen-bond acceptors (Lipinski definition) is 5. The second-order valence-electron chi connectivity index (χ2n) is 7.69. The van der Waals surface area contributed by atoms with E-state index in [1.165, 1.54) is 17.4 Å². The fourth-order valence-electron chi connectivity index (χ4n) is 3.31. The molecule has 0 bridgehead atoms. The molecule has 0 radical (unpaired) electrons. The quantitative estimate of drug-likeness (QED) is 0.125. The summed E-state index contributed by atoms with van der Waals surface area (Å²) in [6.45, 7) is 0. The summed E-state index contributed by atoms with van der Waals surface area (Å²) < 4.78 is 26.5. The summed E-state index contributed by atoms with van der Waals surface area (Å²) in [4.78, 5) is 13.9. The number of nitrogens with one attached hydrogen (secondary N) is 1. The van der Waals surface area contributed by atoms with Crippen LogP contribution in [-0.2, 0) is 9.36 Å². The monoisotopic (exact) mass is 518 g/mol. The lowest BCUT2D eigenvalue weighted by Gasteiger charge is -2.28. The molecule has 1 amide bonds. The summed E-state index contributed by atoms with van der Waals surface area (Å²) in [6.07, 6.45) is 3.07. The van der Waals surface area contributed by atoms with Gasteiger partial charge in [0, 0.05) is 11.0 Å². The Kier molecular flexibility index (Phi) is 8.00. The molecule has 4 rings (SSSR count). The molecule has 3 aromatic carbocycles. The molecule has 1 unspecified atom stereocenters. The van der Waals surface area contributed by atoms with Crippen molar-refractivity contribution < 1.29 is 23.8 Å². The van der Waals surface area contributed by atoms with Crippen molar-refractivity contribution in [2.75, 3.05) is 0 Å². The standard InChI is InChI=1S/C27H24N3O4PS/c28-26(29)20-13-15-21(16-14-20)27(30-25(31)18-17-24-12-7-19-36-24)35(32,33-22-8-3-1-4-9-22)34-23-10-5-2-6-11-23/h1-19,27H,(H3,28,29)(H,30,31)/p+1/b18-17+. The molecule has 0 aliphatic heterocycles. The Morgan fingerprint density at radius 3 is 1.97 bits per heavy atom. The Labute approximate surface area is 213 Å². The highest BCUT2D eigenvalue weighted by atomic mass is 32.1. The summed E-state index contributed by atoms with van der Waals surface area (Å²) in [5.41, 5.74) is 6.80. The van der Waals surface area contributed by atoms with Gasteiger partial charge in [0.1, 0.15) is 11.5 Å². The predicted octanol–water partition coefficient (Wildman–Crippen LogP) is 4.39. The van der Waals surface area contributed by atoms with Crippen molar-refractivity contribution >= 4 is 36.8 Å². The van der Waals surface area contributed by atoms with Crippen LogP contribution in [0.3, 0.4) is 0 Å². The highest BCUT2D eigenvalue weighted by Gasteiger charge is 2.42. The Morgan fingerprint density at radius 2 is 1.47 bits per heavy atom. The summed E-state index contributed by atoms with van der Waals surface area (Å²) in [5, 5.41) is 10.4. The van der Waals surface area contributed by atoms with E-state index in [4.69, 9.17) is 20.2 Å². The van der Waals surface area contributed by atoms with Crippen molar-refractivity contribution in [3.63, 3.8) is 0 Å². The van der Waals surface area contributed by atoms with E-state index in [0.717, 1.165) is 4.88 Å². The van der Waals surface area contributed by atoms with Crippen LogP contribution in [0.25, 0.3) is 6.08 Å². The van der Waals surface area contributed by atoms with Gasteiger partial charge >= 0.3 is 7.60 Å². The van der Waals surface area contributed by atoms with Gasteiger partial charge in [0.2, 0.25) is 5.91 Å². The van der Waals surface area contributed by atoms with Gasteiger partial charge in [-0.2, -0.15) is 0 Å². The maximum absolute atomic E-state index is 14.5. The number of amides is 1. The lowest BCUT2D eigenvalue weighted by Crippen LogP contribution is -2.46. The van der Waals surface area contributed by atoms with Gasteiger partial charge in [-0.15, -0.1) is 11.3 Å². The zero-order valence-electron chi connectivity index (χ0n) is 19.2. The minimum absolute atomic E-state index is 0.144. The Hall–Kier alpha value is -4.13. The van der Waals surface area contributed by atoms with Crippen LogP contribution < -0.4 is 25.5 Å². The summed E-state index contributed by atoms with van der Waals surface area (Å²) in [5.74, 6) is -0.796. The van der Waals surface area contributed by atoms with Crippen LogP contribution in [0.4, 0.5) is 0 Å². The Morgan fingerprint density at radius 1 is 0.889 bits per heavy atom. The van der Waals surface area contributed by atoms with Crippen LogP contribution in [0, 0.1) is 0 Å². The maximum Gasteiger partial charge on any atom is 0.457 e. The molecule has 1 heterocycles. The predicted molar refractivity (Wildman–Crippen MR) is 143 cm³/mol. The SMILES string of the molecule is NC(=[NH2+])c1ccc(C(NC(=O)/C=C/c2cccs2)P(=O)(Oc2ccccc2)Oc2ccccc2)cc1. The molecule has 0 saturated carbocycles. The number of rotatable bonds is 10. The molecule has 36 heavy (non-hydrogen) atoms. The van der Waals surface area contributed by atoms with Gasteiger partial charge in [-0.3, -0.25) is 15.9 Å². The fraction of sp³-hybridized carbons (Fsp3) is 0.0370. The van der Waals surface area contributed by atoms with E-state index < -0.39 is 19.3 Å². The van der Waals surface area contributed by atoms with Gasteiger partial charge in [-0.05, 0) is 59.5 Å². The first kappa shape index (κ1) is 25.0. The molecular weight excluding hydrogens is 493 g/mol. The minimum atomic E-state index is -4.10. The zero-order chi connectivity index (χ0) is 25.4. The summed E-state index contributed by atoms with van der Waals surface area (Å²) >= 11 is 1.50. The van der Waals surface area contributed by atoms with Crippen molar-refractivity contribution in [2.24, 2.45) is 5.73 Å². The van der Waals surface area contributed by atoms with Gasteiger partial charge in [0.05, 0.1) is 5.56 Å². The molecule has 1 aromatic heterocycles. The maximum atomic E-state index is 14.5. The van der Waals surface area contributed by atoms with Crippen LogP contribution in [0.15, 0.2) is 109 Å². The first-order valence-electron chi connectivity index (χ1n) is 11.0. The molecule has 5 N–H and O–H groups in total. The number of amidine groups is 1. The van der Waals surface area contributed by atoms with E-state index in [1.807, 2.05) is 29.6 Å². The molecule has 1 atom stereocenters. The van der Waals surface area contributed by atoms with Crippen LogP contribution in [0.5, 0.6) is 11.5 Å². The highest BCUT2D eigenvalue weighted by Crippen LogP contribution is 2.59. The Bertz CT molecular complexity index is 1330. The number of benzene rings is 3. The van der Waals surface area contributed by atoms with Crippen molar-refractivity contribution in [3.8, 4) is 11.5 Å². The first-order chi connectivity index (χ1) is 17.4. The molecule has 0 aliphatic carbocycles. The molecule has 182 valence electrons. The number of nitrogens with two attached hydrogens (primary N) is 2. The van der Waals surface area contributed by atoms with E-state index in [0.29, 0.717) is 22.6 Å². The molecule has 0 fully saturated rings. The second kappa shape index (κ2) is 11.5. The van der Waals surface area contributed by atoms with Gasteiger partial charge < -0.3 is 14.4 Å². The largest absolute Gasteiger partial charge is 0.457 e. The van der Waals surface area contributed by atoms with E-state index in [9.17, 15) is 9.36 Å². The number of carbonyl (C=O) groups excluding carboxylic acids is 1. The molecule has 9 heteroatoms. The Balaban J connectivity index is 1.74. The van der Waals surface area contributed by atoms with Crippen molar-refractivity contribution in [3.05, 3.63) is 125 Å². The lowest BCUT2D eigenvalue weighted by atomic mass is 10.1. The van der Waals surface area contributed by atoms with Crippen LogP contribution in [0.1, 0.15) is 21.8 Å². The average molecular weight is 519 g/mol. The van der Waals surface area contributed by atoms with Gasteiger partial charge in [-0.25, -0.2) is 4.57 Å².